The lowest BCUT2D eigenvalue weighted by atomic mass is 10.2. The summed E-state index contributed by atoms with van der Waals surface area (Å²) in [5.74, 6) is 5.31. The quantitative estimate of drug-likeness (QED) is 0.384. The van der Waals surface area contributed by atoms with Gasteiger partial charge in [-0.1, -0.05) is 11.2 Å². The minimum absolute atomic E-state index is 0.0237. The molecule has 28 heavy (non-hydrogen) atoms. The number of hydrazone groups is 1. The van der Waals surface area contributed by atoms with Gasteiger partial charge in [-0.3, -0.25) is 19.8 Å². The van der Waals surface area contributed by atoms with E-state index in [0.29, 0.717) is 22.8 Å². The van der Waals surface area contributed by atoms with E-state index in [1.165, 1.54) is 6.21 Å². The van der Waals surface area contributed by atoms with Gasteiger partial charge in [0.25, 0.3) is 5.91 Å². The van der Waals surface area contributed by atoms with E-state index in [2.05, 4.69) is 30.5 Å². The molecule has 0 saturated heterocycles. The van der Waals surface area contributed by atoms with Crippen molar-refractivity contribution in [2.75, 3.05) is 0 Å². The number of amides is 1. The van der Waals surface area contributed by atoms with Crippen LogP contribution >= 0.6 is 0 Å². The van der Waals surface area contributed by atoms with Crippen LogP contribution in [0.4, 0.5) is 5.69 Å². The summed E-state index contributed by atoms with van der Waals surface area (Å²) in [7, 11) is 0. The fourth-order valence-corrected chi connectivity index (χ4v) is 2.39. The lowest BCUT2D eigenvalue weighted by Gasteiger charge is -2.03. The summed E-state index contributed by atoms with van der Waals surface area (Å²) in [5, 5.41) is 10.1. The van der Waals surface area contributed by atoms with E-state index in [-0.39, 0.29) is 12.3 Å². The molecule has 0 aliphatic carbocycles. The number of hydrogen-bond donors (Lipinski definition) is 2. The van der Waals surface area contributed by atoms with Gasteiger partial charge in [0.2, 0.25) is 0 Å². The average molecular weight is 377 g/mol. The van der Waals surface area contributed by atoms with Crippen molar-refractivity contribution in [1.29, 1.82) is 0 Å². The Morgan fingerprint density at radius 3 is 2.82 bits per heavy atom. The minimum Gasteiger partial charge on any atom is -0.359 e. The Balaban J connectivity index is 1.62. The van der Waals surface area contributed by atoms with Gasteiger partial charge in [0.05, 0.1) is 29.8 Å². The number of hydrogen-bond acceptors (Lipinski definition) is 8. The molecule has 0 fully saturated rings. The molecule has 0 aliphatic heterocycles. The number of carbonyl (C=O) groups excluding carboxylic acids is 1. The summed E-state index contributed by atoms with van der Waals surface area (Å²) in [6.45, 7) is 3.85. The van der Waals surface area contributed by atoms with Crippen molar-refractivity contribution in [2.24, 2.45) is 15.9 Å². The fraction of sp³-hybridized carbons (Fsp3) is 0.158. The highest BCUT2D eigenvalue weighted by Gasteiger charge is 2.12. The summed E-state index contributed by atoms with van der Waals surface area (Å²) in [6, 6.07) is 10.8. The van der Waals surface area contributed by atoms with Gasteiger partial charge in [0.15, 0.2) is 11.5 Å². The largest absolute Gasteiger partial charge is 0.359 e. The van der Waals surface area contributed by atoms with Crippen LogP contribution in [0, 0.1) is 13.8 Å². The maximum atomic E-state index is 12.3. The zero-order chi connectivity index (χ0) is 19.9. The molecule has 9 nitrogen and oxygen atoms in total. The standard InChI is InChI=1S/C19H19N7O2/c1-12-6-7-15(13(2)24-12)22-11-18(25-20)19(27)23-10-14-9-17(26-28-14)16-5-3-4-8-21-16/h3-9,11H,10,20H2,1-2H3,(H,23,27)/b22-11?,25-18+. The van der Waals surface area contributed by atoms with Crippen LogP contribution in [0.1, 0.15) is 17.1 Å². The van der Waals surface area contributed by atoms with E-state index < -0.39 is 5.91 Å². The molecule has 9 heteroatoms. The third-order valence-corrected chi connectivity index (χ3v) is 3.80. The first-order valence-corrected chi connectivity index (χ1v) is 8.48. The summed E-state index contributed by atoms with van der Waals surface area (Å²) in [6.07, 6.45) is 2.97. The summed E-state index contributed by atoms with van der Waals surface area (Å²) in [4.78, 5) is 25.0. The van der Waals surface area contributed by atoms with E-state index in [1.807, 2.05) is 44.2 Å². The fourth-order valence-electron chi connectivity index (χ4n) is 2.39. The van der Waals surface area contributed by atoms with Crippen molar-refractivity contribution in [3.63, 3.8) is 0 Å². The highest BCUT2D eigenvalue weighted by Crippen LogP contribution is 2.16. The Bertz CT molecular complexity index is 1030. The lowest BCUT2D eigenvalue weighted by Crippen LogP contribution is -2.32. The van der Waals surface area contributed by atoms with Crippen LogP contribution in [0.25, 0.3) is 11.4 Å². The van der Waals surface area contributed by atoms with Crippen LogP contribution in [0.5, 0.6) is 0 Å². The predicted molar refractivity (Wildman–Crippen MR) is 105 cm³/mol. The molecule has 142 valence electrons. The number of pyridine rings is 2. The summed E-state index contributed by atoms with van der Waals surface area (Å²) in [5.41, 5.74) is 3.51. The highest BCUT2D eigenvalue weighted by molar-refractivity contribution is 6.60. The zero-order valence-electron chi connectivity index (χ0n) is 15.5. The van der Waals surface area contributed by atoms with Crippen LogP contribution in [0.15, 0.2) is 57.2 Å². The first kappa shape index (κ1) is 18.9. The van der Waals surface area contributed by atoms with Gasteiger partial charge in [0.1, 0.15) is 5.69 Å². The van der Waals surface area contributed by atoms with Gasteiger partial charge in [-0.2, -0.15) is 5.10 Å². The number of aromatic nitrogens is 3. The number of nitrogens with two attached hydrogens (primary N) is 1. The summed E-state index contributed by atoms with van der Waals surface area (Å²) < 4.78 is 5.22. The topological polar surface area (TPSA) is 132 Å². The van der Waals surface area contributed by atoms with E-state index in [1.54, 1.807) is 12.3 Å². The van der Waals surface area contributed by atoms with Crippen molar-refractivity contribution < 1.29 is 9.32 Å². The Kier molecular flexibility index (Phi) is 5.85. The van der Waals surface area contributed by atoms with Crippen molar-refractivity contribution in [3.8, 4) is 11.4 Å². The van der Waals surface area contributed by atoms with Gasteiger partial charge in [-0.15, -0.1) is 0 Å². The third kappa shape index (κ3) is 4.64. The van der Waals surface area contributed by atoms with Crippen molar-refractivity contribution >= 4 is 23.5 Å². The van der Waals surface area contributed by atoms with Crippen LogP contribution in [0.2, 0.25) is 0 Å². The number of nitrogens with one attached hydrogen (secondary N) is 1. The van der Waals surface area contributed by atoms with Crippen LogP contribution in [-0.4, -0.2) is 33.0 Å². The van der Waals surface area contributed by atoms with Gasteiger partial charge in [-0.05, 0) is 38.1 Å². The second kappa shape index (κ2) is 8.67. The van der Waals surface area contributed by atoms with Crippen molar-refractivity contribution in [3.05, 3.63) is 59.7 Å². The van der Waals surface area contributed by atoms with E-state index in [4.69, 9.17) is 10.4 Å². The number of carbonyl (C=O) groups is 1. The number of aryl methyl sites for hydroxylation is 2. The van der Waals surface area contributed by atoms with Gasteiger partial charge in [0, 0.05) is 18.0 Å². The highest BCUT2D eigenvalue weighted by atomic mass is 16.5. The molecule has 0 radical (unpaired) electrons. The van der Waals surface area contributed by atoms with Gasteiger partial charge >= 0.3 is 0 Å². The van der Waals surface area contributed by atoms with Crippen molar-refractivity contribution in [2.45, 2.75) is 20.4 Å². The molecule has 3 heterocycles. The SMILES string of the molecule is Cc1ccc(N=C/C(=N\N)C(=O)NCc2cc(-c3ccccn3)no2)c(C)n1. The van der Waals surface area contributed by atoms with E-state index in [0.717, 1.165) is 11.4 Å². The third-order valence-electron chi connectivity index (χ3n) is 3.80. The second-order valence-corrected chi connectivity index (χ2v) is 5.91. The molecule has 0 unspecified atom stereocenters. The molecule has 0 atom stereocenters. The zero-order valence-corrected chi connectivity index (χ0v) is 15.5. The molecule has 0 aliphatic rings. The molecule has 1 amide bonds. The second-order valence-electron chi connectivity index (χ2n) is 5.91. The first-order chi connectivity index (χ1) is 13.6. The lowest BCUT2D eigenvalue weighted by molar-refractivity contribution is -0.114. The molecule has 0 saturated carbocycles. The molecule has 0 spiro atoms. The molecular formula is C19H19N7O2. The monoisotopic (exact) mass is 377 g/mol. The molecule has 3 aromatic rings. The molecule has 3 rings (SSSR count). The molecule has 0 aromatic carbocycles. The summed E-state index contributed by atoms with van der Waals surface area (Å²) >= 11 is 0. The van der Waals surface area contributed by atoms with Crippen LogP contribution in [-0.2, 0) is 11.3 Å². The Labute approximate surface area is 161 Å². The predicted octanol–water partition coefficient (Wildman–Crippen LogP) is 2.08. The van der Waals surface area contributed by atoms with E-state index >= 15 is 0 Å². The number of nitrogens with zero attached hydrogens (tertiary/aromatic N) is 5. The first-order valence-electron chi connectivity index (χ1n) is 8.48. The molecule has 3 aromatic heterocycles. The Morgan fingerprint density at radius 2 is 2.11 bits per heavy atom. The average Bonchev–Trinajstić information content (AvgIpc) is 3.18. The normalized spacial score (nSPS) is 11.7. The molecule has 0 bridgehead atoms. The smallest absolute Gasteiger partial charge is 0.273 e. The van der Waals surface area contributed by atoms with Gasteiger partial charge < -0.3 is 15.7 Å². The maximum Gasteiger partial charge on any atom is 0.273 e. The van der Waals surface area contributed by atoms with Gasteiger partial charge in [-0.25, -0.2) is 0 Å². The van der Waals surface area contributed by atoms with E-state index in [9.17, 15) is 4.79 Å². The van der Waals surface area contributed by atoms with Crippen LogP contribution < -0.4 is 11.2 Å². The Morgan fingerprint density at radius 1 is 1.25 bits per heavy atom. The number of rotatable bonds is 6. The minimum atomic E-state index is -0.486. The molecular weight excluding hydrogens is 358 g/mol. The van der Waals surface area contributed by atoms with Crippen LogP contribution in [0.3, 0.4) is 0 Å². The molecule has 3 N–H and O–H groups in total. The Hall–Kier alpha value is -3.88. The maximum absolute atomic E-state index is 12.3. The number of aliphatic imine (C=N–C) groups is 1. The van der Waals surface area contributed by atoms with Crippen molar-refractivity contribution in [1.82, 2.24) is 20.4 Å².